The number of amides is 2. The molecule has 0 radical (unpaired) electrons. The van der Waals surface area contributed by atoms with Crippen molar-refractivity contribution < 1.29 is 14.3 Å². The van der Waals surface area contributed by atoms with Crippen LogP contribution < -0.4 is 14.5 Å². The van der Waals surface area contributed by atoms with Crippen molar-refractivity contribution in [1.29, 1.82) is 0 Å². The molecular formula is C23H29N3O3. The average Bonchev–Trinajstić information content (AvgIpc) is 2.72. The van der Waals surface area contributed by atoms with Crippen LogP contribution in [0, 0.1) is 13.8 Å². The molecule has 2 amide bonds. The largest absolute Gasteiger partial charge is 0.495 e. The summed E-state index contributed by atoms with van der Waals surface area (Å²) in [6.45, 7) is 8.26. The van der Waals surface area contributed by atoms with Gasteiger partial charge in [-0.2, -0.15) is 0 Å². The number of nitrogens with zero attached hydrogens (tertiary/aromatic N) is 3. The van der Waals surface area contributed by atoms with Gasteiger partial charge >= 0.3 is 0 Å². The quantitative estimate of drug-likeness (QED) is 0.781. The lowest BCUT2D eigenvalue weighted by molar-refractivity contribution is -0.131. The zero-order valence-corrected chi connectivity index (χ0v) is 17.6. The Balaban J connectivity index is 1.66. The van der Waals surface area contributed by atoms with Gasteiger partial charge in [0, 0.05) is 38.8 Å². The summed E-state index contributed by atoms with van der Waals surface area (Å²) in [5.41, 5.74) is 3.97. The van der Waals surface area contributed by atoms with Crippen molar-refractivity contribution in [2.24, 2.45) is 0 Å². The number of aryl methyl sites for hydroxylation is 2. The van der Waals surface area contributed by atoms with E-state index in [1.165, 1.54) is 6.92 Å². The summed E-state index contributed by atoms with van der Waals surface area (Å²) in [6, 6.07) is 13.8. The number of ether oxygens (including phenoxy) is 1. The molecule has 0 bridgehead atoms. The SMILES string of the molecule is COc1ccccc1N1CCN(C(=O)CN(C(C)=O)c2ccc(C)cc2C)CC1. The molecule has 1 heterocycles. The first-order valence-corrected chi connectivity index (χ1v) is 9.92. The van der Waals surface area contributed by atoms with Gasteiger partial charge in [0.2, 0.25) is 11.8 Å². The molecule has 0 spiro atoms. The van der Waals surface area contributed by atoms with E-state index in [-0.39, 0.29) is 18.4 Å². The van der Waals surface area contributed by atoms with E-state index in [1.54, 1.807) is 12.0 Å². The van der Waals surface area contributed by atoms with Gasteiger partial charge in [0.1, 0.15) is 12.3 Å². The topological polar surface area (TPSA) is 53.1 Å². The van der Waals surface area contributed by atoms with E-state index >= 15 is 0 Å². The van der Waals surface area contributed by atoms with Gasteiger partial charge in [-0.3, -0.25) is 9.59 Å². The summed E-state index contributed by atoms with van der Waals surface area (Å²) in [6.07, 6.45) is 0. The third-order valence-corrected chi connectivity index (χ3v) is 5.37. The van der Waals surface area contributed by atoms with E-state index in [0.29, 0.717) is 13.1 Å². The molecule has 6 nitrogen and oxygen atoms in total. The molecule has 3 rings (SSSR count). The van der Waals surface area contributed by atoms with Crippen LogP contribution in [0.2, 0.25) is 0 Å². The first-order valence-electron chi connectivity index (χ1n) is 9.92. The highest BCUT2D eigenvalue weighted by Gasteiger charge is 2.26. The number of carbonyl (C=O) groups excluding carboxylic acids is 2. The fraction of sp³-hybridized carbons (Fsp3) is 0.391. The van der Waals surface area contributed by atoms with E-state index in [1.807, 2.05) is 61.2 Å². The second-order valence-electron chi connectivity index (χ2n) is 7.43. The number of benzene rings is 2. The molecular weight excluding hydrogens is 366 g/mol. The van der Waals surface area contributed by atoms with E-state index < -0.39 is 0 Å². The van der Waals surface area contributed by atoms with E-state index in [0.717, 1.165) is 41.3 Å². The third kappa shape index (κ3) is 4.70. The van der Waals surface area contributed by atoms with Gasteiger partial charge in [-0.15, -0.1) is 0 Å². The first-order chi connectivity index (χ1) is 13.9. The maximum Gasteiger partial charge on any atom is 0.242 e. The molecule has 0 aliphatic carbocycles. The molecule has 0 saturated carbocycles. The van der Waals surface area contributed by atoms with Gasteiger partial charge in [-0.25, -0.2) is 0 Å². The number of para-hydroxylation sites is 2. The molecule has 0 N–H and O–H groups in total. The zero-order chi connectivity index (χ0) is 21.0. The van der Waals surface area contributed by atoms with E-state index in [4.69, 9.17) is 4.74 Å². The standard InChI is InChI=1S/C23H29N3O3/c1-17-9-10-20(18(2)15-17)26(19(3)27)16-23(28)25-13-11-24(12-14-25)21-7-5-6-8-22(21)29-4/h5-10,15H,11-14,16H2,1-4H3. The fourth-order valence-electron chi connectivity index (χ4n) is 3.80. The smallest absolute Gasteiger partial charge is 0.242 e. The minimum absolute atomic E-state index is 0.0279. The Labute approximate surface area is 172 Å². The van der Waals surface area contributed by atoms with Gasteiger partial charge < -0.3 is 19.4 Å². The molecule has 0 aromatic heterocycles. The third-order valence-electron chi connectivity index (χ3n) is 5.37. The van der Waals surface area contributed by atoms with Crippen LogP contribution in [0.25, 0.3) is 0 Å². The number of rotatable bonds is 5. The summed E-state index contributed by atoms with van der Waals surface area (Å²) < 4.78 is 5.45. The van der Waals surface area contributed by atoms with Crippen molar-refractivity contribution in [1.82, 2.24) is 4.90 Å². The van der Waals surface area contributed by atoms with Crippen molar-refractivity contribution in [2.45, 2.75) is 20.8 Å². The van der Waals surface area contributed by atoms with Crippen molar-refractivity contribution in [3.8, 4) is 5.75 Å². The van der Waals surface area contributed by atoms with Crippen LogP contribution in [-0.2, 0) is 9.59 Å². The maximum absolute atomic E-state index is 12.9. The summed E-state index contributed by atoms with van der Waals surface area (Å²) >= 11 is 0. The van der Waals surface area contributed by atoms with Crippen molar-refractivity contribution in [3.05, 3.63) is 53.6 Å². The summed E-state index contributed by atoms with van der Waals surface area (Å²) in [5.74, 6) is 0.683. The van der Waals surface area contributed by atoms with Crippen molar-refractivity contribution in [3.63, 3.8) is 0 Å². The lowest BCUT2D eigenvalue weighted by Crippen LogP contribution is -2.52. The number of anilines is 2. The highest BCUT2D eigenvalue weighted by molar-refractivity contribution is 5.98. The molecule has 1 fully saturated rings. The molecule has 0 atom stereocenters. The number of methoxy groups -OCH3 is 1. The number of hydrogen-bond acceptors (Lipinski definition) is 4. The number of carbonyl (C=O) groups is 2. The normalized spacial score (nSPS) is 13.9. The molecule has 1 saturated heterocycles. The van der Waals surface area contributed by atoms with E-state index in [9.17, 15) is 9.59 Å². The molecule has 2 aromatic carbocycles. The molecule has 1 aliphatic heterocycles. The lowest BCUT2D eigenvalue weighted by Gasteiger charge is -2.37. The highest BCUT2D eigenvalue weighted by Crippen LogP contribution is 2.28. The van der Waals surface area contributed by atoms with E-state index in [2.05, 4.69) is 4.90 Å². The summed E-state index contributed by atoms with van der Waals surface area (Å²) in [5, 5.41) is 0. The number of hydrogen-bond donors (Lipinski definition) is 0. The summed E-state index contributed by atoms with van der Waals surface area (Å²) in [7, 11) is 1.67. The Hall–Kier alpha value is -3.02. The van der Waals surface area contributed by atoms with Crippen LogP contribution in [0.4, 0.5) is 11.4 Å². The molecule has 2 aromatic rings. The molecule has 0 unspecified atom stereocenters. The second-order valence-corrected chi connectivity index (χ2v) is 7.43. The fourth-order valence-corrected chi connectivity index (χ4v) is 3.80. The van der Waals surface area contributed by atoms with Gasteiger partial charge in [0.25, 0.3) is 0 Å². The molecule has 29 heavy (non-hydrogen) atoms. The monoisotopic (exact) mass is 395 g/mol. The Morgan fingerprint density at radius 1 is 1.03 bits per heavy atom. The predicted molar refractivity (Wildman–Crippen MR) is 116 cm³/mol. The first kappa shape index (κ1) is 20.7. The zero-order valence-electron chi connectivity index (χ0n) is 17.6. The molecule has 1 aliphatic rings. The Bertz CT molecular complexity index is 889. The highest BCUT2D eigenvalue weighted by atomic mass is 16.5. The molecule has 154 valence electrons. The van der Waals surface area contributed by atoms with Crippen LogP contribution in [-0.4, -0.2) is 56.5 Å². The van der Waals surface area contributed by atoms with Crippen molar-refractivity contribution in [2.75, 3.05) is 49.6 Å². The van der Waals surface area contributed by atoms with Crippen LogP contribution in [0.5, 0.6) is 5.75 Å². The Kier molecular flexibility index (Phi) is 6.42. The van der Waals surface area contributed by atoms with Gasteiger partial charge in [0.05, 0.1) is 12.8 Å². The van der Waals surface area contributed by atoms with Crippen LogP contribution >= 0.6 is 0 Å². The minimum Gasteiger partial charge on any atom is -0.495 e. The average molecular weight is 396 g/mol. The maximum atomic E-state index is 12.9. The van der Waals surface area contributed by atoms with Gasteiger partial charge in [0.15, 0.2) is 0 Å². The Morgan fingerprint density at radius 2 is 1.72 bits per heavy atom. The van der Waals surface area contributed by atoms with Gasteiger partial charge in [-0.1, -0.05) is 29.8 Å². The lowest BCUT2D eigenvalue weighted by atomic mass is 10.1. The van der Waals surface area contributed by atoms with Crippen LogP contribution in [0.3, 0.4) is 0 Å². The second kappa shape index (κ2) is 8.99. The summed E-state index contributed by atoms with van der Waals surface area (Å²) in [4.78, 5) is 30.8. The van der Waals surface area contributed by atoms with Crippen LogP contribution in [0.15, 0.2) is 42.5 Å². The van der Waals surface area contributed by atoms with Gasteiger partial charge in [-0.05, 0) is 37.6 Å². The minimum atomic E-state index is -0.127. The Morgan fingerprint density at radius 3 is 2.34 bits per heavy atom. The molecule has 6 heteroatoms. The predicted octanol–water partition coefficient (Wildman–Crippen LogP) is 3.01. The van der Waals surface area contributed by atoms with Crippen LogP contribution in [0.1, 0.15) is 18.1 Å². The van der Waals surface area contributed by atoms with Crippen molar-refractivity contribution >= 4 is 23.2 Å². The number of piperazine rings is 1.